The third kappa shape index (κ3) is 4.93. The summed E-state index contributed by atoms with van der Waals surface area (Å²) in [6, 6.07) is 5.74. The van der Waals surface area contributed by atoms with E-state index < -0.39 is 5.97 Å². The molecule has 0 bridgehead atoms. The van der Waals surface area contributed by atoms with Crippen LogP contribution in [-0.2, 0) is 9.53 Å². The normalized spacial score (nSPS) is 10.0. The lowest BCUT2D eigenvalue weighted by Crippen LogP contribution is -2.37. The monoisotopic (exact) mass is 307 g/mol. The maximum Gasteiger partial charge on any atom is 0.325 e. The Hall–Kier alpha value is -1.75. The van der Waals surface area contributed by atoms with Crippen molar-refractivity contribution < 1.29 is 14.3 Å². The number of aryl methyl sites for hydroxylation is 1. The predicted molar refractivity (Wildman–Crippen MR) is 85.7 cm³/mol. The van der Waals surface area contributed by atoms with Crippen LogP contribution in [0.3, 0.4) is 0 Å². The summed E-state index contributed by atoms with van der Waals surface area (Å²) in [7, 11) is 0. The van der Waals surface area contributed by atoms with Gasteiger partial charge in [0.15, 0.2) is 0 Å². The molecule has 0 heterocycles. The Morgan fingerprint density at radius 3 is 2.71 bits per heavy atom. The zero-order valence-electron chi connectivity index (χ0n) is 12.7. The van der Waals surface area contributed by atoms with Crippen molar-refractivity contribution in [2.45, 2.75) is 18.7 Å². The molecular formula is C16H21NO3S. The maximum absolute atomic E-state index is 12.6. The number of hydrogen-bond donors (Lipinski definition) is 0. The average Bonchev–Trinajstić information content (AvgIpc) is 2.47. The van der Waals surface area contributed by atoms with Gasteiger partial charge < -0.3 is 9.64 Å². The third-order valence-electron chi connectivity index (χ3n) is 2.94. The summed E-state index contributed by atoms with van der Waals surface area (Å²) in [5.74, 6) is -0.595. The summed E-state index contributed by atoms with van der Waals surface area (Å²) >= 11 is 1.57. The molecule has 0 saturated carbocycles. The highest BCUT2D eigenvalue weighted by molar-refractivity contribution is 7.98. The van der Waals surface area contributed by atoms with Gasteiger partial charge in [-0.2, -0.15) is 0 Å². The minimum Gasteiger partial charge on any atom is -0.465 e. The zero-order valence-corrected chi connectivity index (χ0v) is 13.5. The van der Waals surface area contributed by atoms with Crippen LogP contribution in [0.15, 0.2) is 35.7 Å². The van der Waals surface area contributed by atoms with Crippen molar-refractivity contribution in [3.05, 3.63) is 42.0 Å². The van der Waals surface area contributed by atoms with Crippen LogP contribution in [0.4, 0.5) is 0 Å². The first-order valence-electron chi connectivity index (χ1n) is 6.73. The molecule has 0 saturated heterocycles. The summed E-state index contributed by atoms with van der Waals surface area (Å²) in [4.78, 5) is 26.7. The molecule has 0 fully saturated rings. The van der Waals surface area contributed by atoms with E-state index in [0.29, 0.717) is 18.7 Å². The Morgan fingerprint density at radius 1 is 1.43 bits per heavy atom. The van der Waals surface area contributed by atoms with Gasteiger partial charge in [0, 0.05) is 17.0 Å². The number of esters is 1. The average molecular weight is 307 g/mol. The lowest BCUT2D eigenvalue weighted by atomic mass is 10.1. The van der Waals surface area contributed by atoms with Crippen LogP contribution in [0, 0.1) is 6.92 Å². The Morgan fingerprint density at radius 2 is 2.14 bits per heavy atom. The molecule has 5 heteroatoms. The van der Waals surface area contributed by atoms with Gasteiger partial charge in [-0.15, -0.1) is 18.3 Å². The number of ether oxygens (including phenoxy) is 1. The number of hydrogen-bond acceptors (Lipinski definition) is 4. The van der Waals surface area contributed by atoms with Crippen molar-refractivity contribution in [1.29, 1.82) is 0 Å². The van der Waals surface area contributed by atoms with Crippen LogP contribution in [0.5, 0.6) is 0 Å². The molecule has 1 aromatic rings. The molecule has 0 aliphatic rings. The van der Waals surface area contributed by atoms with Crippen LogP contribution in [0.25, 0.3) is 0 Å². The fourth-order valence-electron chi connectivity index (χ4n) is 1.87. The highest BCUT2D eigenvalue weighted by Crippen LogP contribution is 2.20. The van der Waals surface area contributed by atoms with Crippen LogP contribution < -0.4 is 0 Å². The zero-order chi connectivity index (χ0) is 15.8. The molecule has 1 amide bonds. The Kier molecular flexibility index (Phi) is 7.02. The van der Waals surface area contributed by atoms with Crippen molar-refractivity contribution in [2.24, 2.45) is 0 Å². The van der Waals surface area contributed by atoms with E-state index in [1.54, 1.807) is 24.8 Å². The van der Waals surface area contributed by atoms with Gasteiger partial charge in [-0.1, -0.05) is 12.1 Å². The van der Waals surface area contributed by atoms with Gasteiger partial charge in [-0.05, 0) is 37.8 Å². The van der Waals surface area contributed by atoms with Gasteiger partial charge in [-0.25, -0.2) is 0 Å². The lowest BCUT2D eigenvalue weighted by molar-refractivity contribution is -0.143. The van der Waals surface area contributed by atoms with Crippen LogP contribution in [-0.4, -0.2) is 42.7 Å². The molecule has 0 aromatic heterocycles. The van der Waals surface area contributed by atoms with Crippen molar-refractivity contribution in [2.75, 3.05) is 26.0 Å². The largest absolute Gasteiger partial charge is 0.465 e. The molecule has 0 radical (unpaired) electrons. The topological polar surface area (TPSA) is 46.6 Å². The number of carbonyl (C=O) groups excluding carboxylic acids is 2. The third-order valence-corrected chi connectivity index (χ3v) is 3.66. The van der Waals surface area contributed by atoms with Gasteiger partial charge in [0.05, 0.1) is 6.61 Å². The molecule has 114 valence electrons. The molecule has 1 rings (SSSR count). The highest BCUT2D eigenvalue weighted by Gasteiger charge is 2.20. The fraction of sp³-hybridized carbons (Fsp3) is 0.375. The van der Waals surface area contributed by atoms with Crippen molar-refractivity contribution >= 4 is 23.6 Å². The Labute approximate surface area is 130 Å². The SMILES string of the molecule is C=CCN(CC(=O)OCC)C(=O)c1cc(SC)ccc1C. The molecule has 1 aromatic carbocycles. The summed E-state index contributed by atoms with van der Waals surface area (Å²) < 4.78 is 4.91. The second-order valence-corrected chi connectivity index (χ2v) is 5.34. The number of amides is 1. The Bertz CT molecular complexity index is 528. The predicted octanol–water partition coefficient (Wildman–Crippen LogP) is 2.91. The first-order chi connectivity index (χ1) is 10.0. The Balaban J connectivity index is 2.99. The summed E-state index contributed by atoms with van der Waals surface area (Å²) in [5.41, 5.74) is 1.49. The molecule has 4 nitrogen and oxygen atoms in total. The van der Waals surface area contributed by atoms with Crippen LogP contribution >= 0.6 is 11.8 Å². The molecule has 0 unspecified atom stereocenters. The molecular weight excluding hydrogens is 286 g/mol. The number of thioether (sulfide) groups is 1. The molecule has 0 N–H and O–H groups in total. The van der Waals surface area contributed by atoms with Crippen LogP contribution in [0.2, 0.25) is 0 Å². The number of benzene rings is 1. The van der Waals surface area contributed by atoms with Gasteiger partial charge in [0.2, 0.25) is 0 Å². The van der Waals surface area contributed by atoms with E-state index in [4.69, 9.17) is 4.74 Å². The van der Waals surface area contributed by atoms with E-state index >= 15 is 0 Å². The number of rotatable bonds is 7. The highest BCUT2D eigenvalue weighted by atomic mass is 32.2. The van der Waals surface area contributed by atoms with E-state index in [-0.39, 0.29) is 12.5 Å². The molecule has 0 aliphatic carbocycles. The first-order valence-corrected chi connectivity index (χ1v) is 7.96. The van der Waals surface area contributed by atoms with E-state index in [2.05, 4.69) is 6.58 Å². The quantitative estimate of drug-likeness (QED) is 0.441. The van der Waals surface area contributed by atoms with Crippen LogP contribution in [0.1, 0.15) is 22.8 Å². The molecule has 0 atom stereocenters. The second-order valence-electron chi connectivity index (χ2n) is 4.46. The standard InChI is InChI=1S/C16H21NO3S/c1-5-9-17(11-15(18)20-6-2)16(19)14-10-13(21-4)8-7-12(14)3/h5,7-8,10H,1,6,9,11H2,2-4H3. The molecule has 21 heavy (non-hydrogen) atoms. The minimum atomic E-state index is -0.411. The number of nitrogens with zero attached hydrogens (tertiary/aromatic N) is 1. The van der Waals surface area contributed by atoms with E-state index in [1.165, 1.54) is 4.90 Å². The van der Waals surface area contributed by atoms with Gasteiger partial charge >= 0.3 is 5.97 Å². The molecule has 0 aliphatic heterocycles. The van der Waals surface area contributed by atoms with Gasteiger partial charge in [0.25, 0.3) is 5.91 Å². The minimum absolute atomic E-state index is 0.0678. The summed E-state index contributed by atoms with van der Waals surface area (Å²) in [6.45, 7) is 7.80. The van der Waals surface area contributed by atoms with Gasteiger partial charge in [-0.3, -0.25) is 9.59 Å². The number of carbonyl (C=O) groups is 2. The summed E-state index contributed by atoms with van der Waals surface area (Å²) in [5, 5.41) is 0. The van der Waals surface area contributed by atoms with E-state index in [1.807, 2.05) is 31.4 Å². The summed E-state index contributed by atoms with van der Waals surface area (Å²) in [6.07, 6.45) is 3.56. The van der Waals surface area contributed by atoms with E-state index in [0.717, 1.165) is 10.5 Å². The van der Waals surface area contributed by atoms with Crippen molar-refractivity contribution in [1.82, 2.24) is 4.90 Å². The van der Waals surface area contributed by atoms with E-state index in [9.17, 15) is 9.59 Å². The second kappa shape index (κ2) is 8.52. The fourth-order valence-corrected chi connectivity index (χ4v) is 2.31. The molecule has 0 spiro atoms. The first kappa shape index (κ1) is 17.3. The van der Waals surface area contributed by atoms with Crippen molar-refractivity contribution in [3.63, 3.8) is 0 Å². The van der Waals surface area contributed by atoms with Gasteiger partial charge in [0.1, 0.15) is 6.54 Å². The maximum atomic E-state index is 12.6. The lowest BCUT2D eigenvalue weighted by Gasteiger charge is -2.21. The smallest absolute Gasteiger partial charge is 0.325 e. The van der Waals surface area contributed by atoms with Crippen molar-refractivity contribution in [3.8, 4) is 0 Å².